The molecule has 136 valence electrons. The van der Waals surface area contributed by atoms with Gasteiger partial charge >= 0.3 is 5.76 Å². The normalized spacial score (nSPS) is 11.0. The van der Waals surface area contributed by atoms with Crippen molar-refractivity contribution in [2.45, 2.75) is 19.5 Å². The van der Waals surface area contributed by atoms with E-state index in [0.29, 0.717) is 17.6 Å². The number of aryl methyl sites for hydroxylation is 1. The zero-order chi connectivity index (χ0) is 18.6. The molecule has 2 aromatic heterocycles. The molecule has 2 aromatic carbocycles. The number of anilines is 1. The van der Waals surface area contributed by atoms with Gasteiger partial charge in [0.05, 0.1) is 12.1 Å². The molecule has 0 saturated heterocycles. The Kier molecular flexibility index (Phi) is 4.52. The largest absolute Gasteiger partial charge is 0.419 e. The highest BCUT2D eigenvalue weighted by atomic mass is 16.4. The molecule has 27 heavy (non-hydrogen) atoms. The van der Waals surface area contributed by atoms with Crippen LogP contribution in [-0.2, 0) is 17.9 Å². The minimum atomic E-state index is -0.478. The summed E-state index contributed by atoms with van der Waals surface area (Å²) in [5.41, 5.74) is 2.26. The Balaban J connectivity index is 1.37. The highest BCUT2D eigenvalue weighted by molar-refractivity contribution is 5.88. The lowest BCUT2D eigenvalue weighted by Gasteiger charge is -2.03. The first-order chi connectivity index (χ1) is 13.2. The number of aromatic nitrogens is 4. The molecule has 0 unspecified atom stereocenters. The van der Waals surface area contributed by atoms with Crippen molar-refractivity contribution in [3.8, 4) is 0 Å². The summed E-state index contributed by atoms with van der Waals surface area (Å²) in [6.45, 7) is 0.784. The van der Waals surface area contributed by atoms with E-state index in [2.05, 4.69) is 15.4 Å². The minimum Gasteiger partial charge on any atom is -0.408 e. The van der Waals surface area contributed by atoms with Crippen LogP contribution >= 0.6 is 0 Å². The van der Waals surface area contributed by atoms with E-state index in [4.69, 9.17) is 4.42 Å². The third-order valence-corrected chi connectivity index (χ3v) is 4.11. The van der Waals surface area contributed by atoms with Crippen LogP contribution in [0.15, 0.2) is 70.1 Å². The summed E-state index contributed by atoms with van der Waals surface area (Å²) >= 11 is 0. The van der Waals surface area contributed by atoms with Crippen LogP contribution in [0.3, 0.4) is 0 Å². The minimum absolute atomic E-state index is 0.108. The van der Waals surface area contributed by atoms with Gasteiger partial charge in [-0.2, -0.15) is 0 Å². The van der Waals surface area contributed by atoms with Crippen LogP contribution in [0.1, 0.15) is 12.0 Å². The van der Waals surface area contributed by atoms with Crippen LogP contribution in [0.4, 0.5) is 5.95 Å². The third kappa shape index (κ3) is 3.79. The number of rotatable bonds is 6. The number of para-hydroxylation sites is 2. The first kappa shape index (κ1) is 16.8. The van der Waals surface area contributed by atoms with E-state index < -0.39 is 5.76 Å². The molecule has 8 nitrogen and oxygen atoms in total. The van der Waals surface area contributed by atoms with E-state index in [-0.39, 0.29) is 24.8 Å². The van der Waals surface area contributed by atoms with E-state index in [1.807, 2.05) is 36.4 Å². The Hall–Kier alpha value is -3.68. The monoisotopic (exact) mass is 363 g/mol. The summed E-state index contributed by atoms with van der Waals surface area (Å²) in [5, 5.41) is 6.89. The van der Waals surface area contributed by atoms with E-state index in [1.165, 1.54) is 4.57 Å². The Labute approximate surface area is 154 Å². The molecule has 0 saturated carbocycles. The van der Waals surface area contributed by atoms with Crippen molar-refractivity contribution >= 4 is 23.0 Å². The molecule has 0 fully saturated rings. The summed E-state index contributed by atoms with van der Waals surface area (Å²) in [7, 11) is 0. The second-order valence-electron chi connectivity index (χ2n) is 6.04. The number of hydrogen-bond donors (Lipinski definition) is 1. The number of nitrogens with zero attached hydrogens (tertiary/aromatic N) is 4. The molecule has 4 aromatic rings. The number of carbonyl (C=O) groups is 1. The number of fused-ring (bicyclic) bond motifs is 1. The highest BCUT2D eigenvalue weighted by Crippen LogP contribution is 2.12. The number of nitrogens with one attached hydrogen (secondary N) is 1. The van der Waals surface area contributed by atoms with Gasteiger partial charge in [0.25, 0.3) is 0 Å². The fourth-order valence-electron chi connectivity index (χ4n) is 2.82. The van der Waals surface area contributed by atoms with Crippen molar-refractivity contribution in [3.63, 3.8) is 0 Å². The fraction of sp³-hybridized carbons (Fsp3) is 0.158. The maximum Gasteiger partial charge on any atom is 0.419 e. The quantitative estimate of drug-likeness (QED) is 0.567. The Bertz CT molecular complexity index is 1130. The molecule has 4 rings (SSSR count). The first-order valence-electron chi connectivity index (χ1n) is 8.50. The smallest absolute Gasteiger partial charge is 0.408 e. The maximum atomic E-state index is 12.2. The van der Waals surface area contributed by atoms with Gasteiger partial charge in [-0.3, -0.25) is 14.7 Å². The van der Waals surface area contributed by atoms with Gasteiger partial charge in [-0.25, -0.2) is 14.5 Å². The van der Waals surface area contributed by atoms with Crippen LogP contribution in [-0.4, -0.2) is 25.2 Å². The summed E-state index contributed by atoms with van der Waals surface area (Å²) in [4.78, 5) is 28.2. The topological polar surface area (TPSA) is 95.0 Å². The van der Waals surface area contributed by atoms with E-state index in [9.17, 15) is 9.59 Å². The van der Waals surface area contributed by atoms with Gasteiger partial charge in [0.15, 0.2) is 5.58 Å². The van der Waals surface area contributed by atoms with Gasteiger partial charge in [-0.05, 0) is 17.7 Å². The highest BCUT2D eigenvalue weighted by Gasteiger charge is 2.12. The molecular weight excluding hydrogens is 346 g/mol. The second-order valence-corrected chi connectivity index (χ2v) is 6.04. The van der Waals surface area contributed by atoms with Gasteiger partial charge in [-0.15, -0.1) is 5.10 Å². The predicted molar refractivity (Wildman–Crippen MR) is 99.3 cm³/mol. The lowest BCUT2D eigenvalue weighted by molar-refractivity contribution is -0.116. The molecule has 2 heterocycles. The van der Waals surface area contributed by atoms with E-state index in [1.54, 1.807) is 29.2 Å². The molecule has 0 radical (unpaired) electrons. The van der Waals surface area contributed by atoms with Crippen molar-refractivity contribution < 1.29 is 9.21 Å². The fourth-order valence-corrected chi connectivity index (χ4v) is 2.82. The third-order valence-electron chi connectivity index (χ3n) is 4.11. The molecule has 0 aliphatic heterocycles. The molecule has 0 bridgehead atoms. The predicted octanol–water partition coefficient (Wildman–Crippen LogP) is 2.26. The molecule has 0 spiro atoms. The molecule has 0 aliphatic rings. The summed E-state index contributed by atoms with van der Waals surface area (Å²) < 4.78 is 8.25. The van der Waals surface area contributed by atoms with Gasteiger partial charge in [0, 0.05) is 13.0 Å². The van der Waals surface area contributed by atoms with Crippen LogP contribution in [0.2, 0.25) is 0 Å². The van der Waals surface area contributed by atoms with E-state index >= 15 is 0 Å². The Morgan fingerprint density at radius 1 is 1.07 bits per heavy atom. The van der Waals surface area contributed by atoms with Gasteiger partial charge < -0.3 is 4.42 Å². The molecule has 8 heteroatoms. The summed E-state index contributed by atoms with van der Waals surface area (Å²) in [6.07, 6.45) is 1.67. The van der Waals surface area contributed by atoms with Crippen LogP contribution < -0.4 is 11.1 Å². The average Bonchev–Trinajstić information content (AvgIpc) is 3.24. The number of oxazole rings is 1. The number of hydrogen-bond acceptors (Lipinski definition) is 5. The van der Waals surface area contributed by atoms with Crippen molar-refractivity contribution in [1.82, 2.24) is 19.3 Å². The van der Waals surface area contributed by atoms with Crippen LogP contribution in [0.5, 0.6) is 0 Å². The standard InChI is InChI=1S/C19H17N5O3/c25-17(10-11-24-15-8-4-5-9-16(15)27-19(24)26)21-18-20-13-23(22-18)12-14-6-2-1-3-7-14/h1-9,13H,10-12H2,(H,21,22,25). The number of carbonyl (C=O) groups excluding carboxylic acids is 1. The van der Waals surface area contributed by atoms with E-state index in [0.717, 1.165) is 5.56 Å². The van der Waals surface area contributed by atoms with Crippen molar-refractivity contribution in [2.75, 3.05) is 5.32 Å². The first-order valence-corrected chi connectivity index (χ1v) is 8.50. The van der Waals surface area contributed by atoms with Gasteiger partial charge in [0.1, 0.15) is 6.33 Å². The lowest BCUT2D eigenvalue weighted by atomic mass is 10.2. The zero-order valence-corrected chi connectivity index (χ0v) is 14.4. The zero-order valence-electron chi connectivity index (χ0n) is 14.4. The summed E-state index contributed by atoms with van der Waals surface area (Å²) in [6, 6.07) is 17.0. The van der Waals surface area contributed by atoms with Gasteiger partial charge in [0.2, 0.25) is 11.9 Å². The van der Waals surface area contributed by atoms with Crippen LogP contribution in [0, 0.1) is 0 Å². The lowest BCUT2D eigenvalue weighted by Crippen LogP contribution is -2.20. The second kappa shape index (κ2) is 7.28. The molecule has 1 N–H and O–H groups in total. The molecule has 0 aliphatic carbocycles. The van der Waals surface area contributed by atoms with Crippen LogP contribution in [0.25, 0.3) is 11.1 Å². The average molecular weight is 363 g/mol. The SMILES string of the molecule is O=C(CCn1c(=O)oc2ccccc21)Nc1ncn(Cc2ccccc2)n1. The molecular formula is C19H17N5O3. The van der Waals surface area contributed by atoms with Crippen molar-refractivity contribution in [3.05, 3.63) is 77.0 Å². The molecule has 1 amide bonds. The number of benzene rings is 2. The van der Waals surface area contributed by atoms with Gasteiger partial charge in [-0.1, -0.05) is 42.5 Å². The number of amides is 1. The van der Waals surface area contributed by atoms with Crippen molar-refractivity contribution in [2.24, 2.45) is 0 Å². The Morgan fingerprint density at radius 3 is 2.70 bits per heavy atom. The Morgan fingerprint density at radius 2 is 1.85 bits per heavy atom. The van der Waals surface area contributed by atoms with Crippen molar-refractivity contribution in [1.29, 1.82) is 0 Å². The molecule has 0 atom stereocenters. The summed E-state index contributed by atoms with van der Waals surface area (Å²) in [5.74, 6) is -0.515. The maximum absolute atomic E-state index is 12.2.